The molecule has 1 aliphatic rings. The average molecular weight is 275 g/mol. The highest BCUT2D eigenvalue weighted by molar-refractivity contribution is 7.90. The third-order valence-corrected chi connectivity index (χ3v) is 4.81. The Labute approximate surface area is 105 Å². The van der Waals surface area contributed by atoms with Crippen molar-refractivity contribution in [1.29, 1.82) is 0 Å². The lowest BCUT2D eigenvalue weighted by Crippen LogP contribution is -2.41. The maximum atomic E-state index is 13.8. The molecule has 100 valence electrons. The van der Waals surface area contributed by atoms with Crippen molar-refractivity contribution >= 4 is 9.84 Å². The first-order chi connectivity index (χ1) is 8.30. The van der Waals surface area contributed by atoms with E-state index < -0.39 is 31.8 Å². The molecule has 0 heterocycles. The molecule has 1 aromatic carbocycles. The number of hydrogen-bond donors (Lipinski definition) is 1. The normalized spacial score (nSPS) is 18.4. The largest absolute Gasteiger partial charge is 0.330 e. The summed E-state index contributed by atoms with van der Waals surface area (Å²) in [6.45, 7) is 0.310. The van der Waals surface area contributed by atoms with Crippen LogP contribution in [0.1, 0.15) is 24.8 Å². The molecule has 1 fully saturated rings. The first-order valence-corrected chi connectivity index (χ1v) is 7.59. The van der Waals surface area contributed by atoms with Gasteiger partial charge in [0, 0.05) is 18.2 Å². The summed E-state index contributed by atoms with van der Waals surface area (Å²) in [5.41, 5.74) is 5.73. The van der Waals surface area contributed by atoms with Crippen molar-refractivity contribution < 1.29 is 17.2 Å². The van der Waals surface area contributed by atoms with Crippen LogP contribution >= 0.6 is 0 Å². The SMILES string of the molecule is CS(=O)(=O)c1c(F)cc(C2(CN)CCC2)cc1F. The van der Waals surface area contributed by atoms with Crippen LogP contribution in [0.4, 0.5) is 8.78 Å². The van der Waals surface area contributed by atoms with E-state index in [9.17, 15) is 17.2 Å². The van der Waals surface area contributed by atoms with Gasteiger partial charge in [0.15, 0.2) is 9.84 Å². The van der Waals surface area contributed by atoms with E-state index in [1.165, 1.54) is 0 Å². The zero-order valence-corrected chi connectivity index (χ0v) is 10.9. The molecule has 0 amide bonds. The van der Waals surface area contributed by atoms with Crippen LogP contribution in [-0.4, -0.2) is 21.2 Å². The summed E-state index contributed by atoms with van der Waals surface area (Å²) in [5, 5.41) is 0. The van der Waals surface area contributed by atoms with Gasteiger partial charge in [-0.05, 0) is 30.5 Å². The molecule has 18 heavy (non-hydrogen) atoms. The molecule has 0 atom stereocenters. The molecule has 3 nitrogen and oxygen atoms in total. The van der Waals surface area contributed by atoms with Gasteiger partial charge in [0.1, 0.15) is 16.5 Å². The van der Waals surface area contributed by atoms with Gasteiger partial charge >= 0.3 is 0 Å². The highest BCUT2D eigenvalue weighted by Gasteiger charge is 2.38. The zero-order chi connectivity index (χ0) is 13.6. The van der Waals surface area contributed by atoms with E-state index in [4.69, 9.17) is 5.73 Å². The number of sulfone groups is 1. The van der Waals surface area contributed by atoms with Gasteiger partial charge in [0.2, 0.25) is 0 Å². The molecule has 2 rings (SSSR count). The van der Waals surface area contributed by atoms with Gasteiger partial charge in [-0.15, -0.1) is 0 Å². The molecule has 0 aromatic heterocycles. The van der Waals surface area contributed by atoms with Crippen molar-refractivity contribution in [1.82, 2.24) is 0 Å². The maximum absolute atomic E-state index is 13.8. The highest BCUT2D eigenvalue weighted by atomic mass is 32.2. The van der Waals surface area contributed by atoms with Crippen LogP contribution in [-0.2, 0) is 15.3 Å². The Balaban J connectivity index is 2.56. The van der Waals surface area contributed by atoms with Gasteiger partial charge < -0.3 is 5.73 Å². The summed E-state index contributed by atoms with van der Waals surface area (Å²) >= 11 is 0. The monoisotopic (exact) mass is 275 g/mol. The van der Waals surface area contributed by atoms with E-state index in [1.54, 1.807) is 0 Å². The van der Waals surface area contributed by atoms with Crippen molar-refractivity contribution in [3.8, 4) is 0 Å². The molecule has 1 aromatic rings. The third kappa shape index (κ3) is 2.03. The topological polar surface area (TPSA) is 60.2 Å². The van der Waals surface area contributed by atoms with Crippen molar-refractivity contribution in [3.05, 3.63) is 29.3 Å². The highest BCUT2D eigenvalue weighted by Crippen LogP contribution is 2.43. The van der Waals surface area contributed by atoms with Gasteiger partial charge in [-0.25, -0.2) is 17.2 Å². The Hall–Kier alpha value is -1.01. The lowest BCUT2D eigenvalue weighted by molar-refractivity contribution is 0.251. The molecule has 0 aliphatic heterocycles. The summed E-state index contributed by atoms with van der Waals surface area (Å²) in [7, 11) is -3.90. The molecule has 1 saturated carbocycles. The van der Waals surface area contributed by atoms with E-state index in [0.29, 0.717) is 12.1 Å². The van der Waals surface area contributed by atoms with Gasteiger partial charge in [-0.1, -0.05) is 6.42 Å². The van der Waals surface area contributed by atoms with Gasteiger partial charge in [-0.3, -0.25) is 0 Å². The summed E-state index contributed by atoms with van der Waals surface area (Å²) in [5.74, 6) is -2.07. The minimum atomic E-state index is -3.90. The predicted molar refractivity (Wildman–Crippen MR) is 64.1 cm³/mol. The molecule has 0 bridgehead atoms. The molecule has 1 aliphatic carbocycles. The van der Waals surface area contributed by atoms with Gasteiger partial charge in [0.05, 0.1) is 0 Å². The molecule has 0 unspecified atom stereocenters. The van der Waals surface area contributed by atoms with Crippen molar-refractivity contribution in [3.63, 3.8) is 0 Å². The second-order valence-electron chi connectivity index (χ2n) is 4.88. The average Bonchev–Trinajstić information content (AvgIpc) is 2.12. The fraction of sp³-hybridized carbons (Fsp3) is 0.500. The van der Waals surface area contributed by atoms with Crippen LogP contribution in [0.2, 0.25) is 0 Å². The van der Waals surface area contributed by atoms with E-state index in [-0.39, 0.29) is 0 Å². The summed E-state index contributed by atoms with van der Waals surface area (Å²) in [4.78, 5) is -0.863. The lowest BCUT2D eigenvalue weighted by Gasteiger charge is -2.41. The number of benzene rings is 1. The van der Waals surface area contributed by atoms with Crippen LogP contribution < -0.4 is 5.73 Å². The minimum absolute atomic E-state index is 0.310. The van der Waals surface area contributed by atoms with E-state index >= 15 is 0 Å². The van der Waals surface area contributed by atoms with Crippen LogP contribution in [0.25, 0.3) is 0 Å². The van der Waals surface area contributed by atoms with Crippen LogP contribution in [0.15, 0.2) is 17.0 Å². The molecule has 6 heteroatoms. The zero-order valence-electron chi connectivity index (χ0n) is 10.0. The number of rotatable bonds is 3. The van der Waals surface area contributed by atoms with E-state index in [2.05, 4.69) is 0 Å². The minimum Gasteiger partial charge on any atom is -0.330 e. The third-order valence-electron chi connectivity index (χ3n) is 3.68. The Morgan fingerprint density at radius 3 is 2.06 bits per heavy atom. The van der Waals surface area contributed by atoms with E-state index in [1.807, 2.05) is 0 Å². The van der Waals surface area contributed by atoms with Crippen LogP contribution in [0.5, 0.6) is 0 Å². The quantitative estimate of drug-likeness (QED) is 0.914. The summed E-state index contributed by atoms with van der Waals surface area (Å²) < 4.78 is 50.1. The Morgan fingerprint density at radius 1 is 1.28 bits per heavy atom. The molecule has 0 spiro atoms. The predicted octanol–water partition coefficient (Wildman–Crippen LogP) is 1.75. The standard InChI is InChI=1S/C12H15F2NO2S/c1-18(16,17)11-9(13)5-8(6-10(11)14)12(7-15)3-2-4-12/h5-6H,2-4,7,15H2,1H3. The second kappa shape index (κ2) is 4.28. The summed E-state index contributed by atoms with van der Waals surface area (Å²) in [6, 6.07) is 2.21. The molecule has 0 radical (unpaired) electrons. The molecule has 0 saturated heterocycles. The van der Waals surface area contributed by atoms with E-state index in [0.717, 1.165) is 37.7 Å². The first kappa shape index (κ1) is 13.4. The van der Waals surface area contributed by atoms with Crippen molar-refractivity contribution in [2.75, 3.05) is 12.8 Å². The fourth-order valence-corrected chi connectivity index (χ4v) is 3.26. The Kier molecular flexibility index (Phi) is 3.19. The number of hydrogen-bond acceptors (Lipinski definition) is 3. The van der Waals surface area contributed by atoms with Crippen molar-refractivity contribution in [2.24, 2.45) is 5.73 Å². The van der Waals surface area contributed by atoms with Gasteiger partial charge in [-0.2, -0.15) is 0 Å². The van der Waals surface area contributed by atoms with Gasteiger partial charge in [0.25, 0.3) is 0 Å². The number of halogens is 2. The lowest BCUT2D eigenvalue weighted by atomic mass is 9.64. The van der Waals surface area contributed by atoms with Crippen molar-refractivity contribution in [2.45, 2.75) is 29.6 Å². The smallest absolute Gasteiger partial charge is 0.181 e. The van der Waals surface area contributed by atoms with Crippen LogP contribution in [0, 0.1) is 11.6 Å². The van der Waals surface area contributed by atoms with Crippen LogP contribution in [0.3, 0.4) is 0 Å². The fourth-order valence-electron chi connectivity index (χ4n) is 2.43. The second-order valence-corrected chi connectivity index (χ2v) is 6.83. The Morgan fingerprint density at radius 2 is 1.78 bits per heavy atom. The molecular formula is C12H15F2NO2S. The summed E-state index contributed by atoms with van der Waals surface area (Å²) in [6.07, 6.45) is 3.31. The molecule has 2 N–H and O–H groups in total. The Bertz CT molecular complexity index is 551. The number of nitrogens with two attached hydrogens (primary N) is 1. The molecular weight excluding hydrogens is 260 g/mol. The first-order valence-electron chi connectivity index (χ1n) is 5.70. The maximum Gasteiger partial charge on any atom is 0.181 e.